The fraction of sp³-hybridized carbons (Fsp3) is 1.00. The standard InChI is InChI=1S/C5H12S2.Na.H/c1-4(2)7-5(3)6;;/h4-6H,1-3H3;;/q;+1;-1. The summed E-state index contributed by atoms with van der Waals surface area (Å²) in [5, 5.41) is 0.715. The molecule has 0 radical (unpaired) electrons. The second-order valence-corrected chi connectivity index (χ2v) is 4.83. The second-order valence-electron chi connectivity index (χ2n) is 1.78. The molecule has 8 heavy (non-hydrogen) atoms. The Hall–Kier alpha value is 1.70. The zero-order valence-electron chi connectivity index (χ0n) is 7.01. The maximum absolute atomic E-state index is 4.20. The molecule has 0 amide bonds. The van der Waals surface area contributed by atoms with Crippen LogP contribution in [0.4, 0.5) is 0 Å². The van der Waals surface area contributed by atoms with Gasteiger partial charge < -0.3 is 1.43 Å². The van der Waals surface area contributed by atoms with Gasteiger partial charge in [-0.05, 0) is 6.92 Å². The SMILES string of the molecule is CC(C)SC(C)S.[H-].[Na+]. The van der Waals surface area contributed by atoms with Gasteiger partial charge in [0.1, 0.15) is 0 Å². The third kappa shape index (κ3) is 10.6. The van der Waals surface area contributed by atoms with E-state index in [1.165, 1.54) is 0 Å². The Morgan fingerprint density at radius 1 is 1.38 bits per heavy atom. The molecule has 1 atom stereocenters. The molecule has 0 nitrogen and oxygen atoms in total. The molecular formula is C5H13NaS2. The van der Waals surface area contributed by atoms with Crippen LogP contribution in [0, 0.1) is 0 Å². The summed E-state index contributed by atoms with van der Waals surface area (Å²) >= 11 is 6.07. The van der Waals surface area contributed by atoms with E-state index in [9.17, 15) is 0 Å². The summed E-state index contributed by atoms with van der Waals surface area (Å²) in [6, 6.07) is 0. The normalized spacial score (nSPS) is 13.1. The maximum atomic E-state index is 4.20. The Labute approximate surface area is 85.4 Å². The molecule has 0 aromatic rings. The van der Waals surface area contributed by atoms with E-state index >= 15 is 0 Å². The fourth-order valence-corrected chi connectivity index (χ4v) is 1.91. The van der Waals surface area contributed by atoms with Crippen LogP contribution in [0.15, 0.2) is 0 Å². The van der Waals surface area contributed by atoms with E-state index in [2.05, 4.69) is 33.4 Å². The minimum Gasteiger partial charge on any atom is -1.00 e. The van der Waals surface area contributed by atoms with Gasteiger partial charge in [-0.2, -0.15) is 12.6 Å². The molecule has 0 aromatic carbocycles. The minimum absolute atomic E-state index is 0. The Balaban J connectivity index is -0.000000180. The number of hydrogen-bond donors (Lipinski definition) is 1. The first-order valence-corrected chi connectivity index (χ1v) is 3.92. The van der Waals surface area contributed by atoms with Crippen LogP contribution < -0.4 is 29.6 Å². The summed E-state index contributed by atoms with van der Waals surface area (Å²) in [4.78, 5) is 0. The van der Waals surface area contributed by atoms with Crippen molar-refractivity contribution in [2.24, 2.45) is 0 Å². The van der Waals surface area contributed by atoms with Crippen LogP contribution >= 0.6 is 24.4 Å². The van der Waals surface area contributed by atoms with Crippen LogP contribution in [-0.2, 0) is 0 Å². The Morgan fingerprint density at radius 2 is 1.75 bits per heavy atom. The van der Waals surface area contributed by atoms with Gasteiger partial charge in [-0.3, -0.25) is 0 Å². The smallest absolute Gasteiger partial charge is 1.00 e. The van der Waals surface area contributed by atoms with Gasteiger partial charge in [0.2, 0.25) is 0 Å². The Kier molecular flexibility index (Phi) is 10.5. The van der Waals surface area contributed by atoms with Crippen LogP contribution in [0.1, 0.15) is 22.2 Å². The van der Waals surface area contributed by atoms with Gasteiger partial charge in [0, 0.05) is 9.83 Å². The molecule has 0 aromatic heterocycles. The number of hydrogen-bond acceptors (Lipinski definition) is 2. The molecule has 0 saturated heterocycles. The largest absolute Gasteiger partial charge is 1.00 e. The predicted molar refractivity (Wildman–Crippen MR) is 42.3 cm³/mol. The number of thioether (sulfide) groups is 1. The third-order valence-corrected chi connectivity index (χ3v) is 1.77. The predicted octanol–water partition coefficient (Wildman–Crippen LogP) is -0.480. The summed E-state index contributed by atoms with van der Waals surface area (Å²) in [6.45, 7) is 6.45. The monoisotopic (exact) mass is 160 g/mol. The molecule has 0 spiro atoms. The summed E-state index contributed by atoms with van der Waals surface area (Å²) < 4.78 is 0.486. The quantitative estimate of drug-likeness (QED) is 0.323. The van der Waals surface area contributed by atoms with Crippen molar-refractivity contribution in [3.05, 3.63) is 0 Å². The Morgan fingerprint density at radius 3 is 1.75 bits per heavy atom. The van der Waals surface area contributed by atoms with Gasteiger partial charge in [-0.25, -0.2) is 0 Å². The van der Waals surface area contributed by atoms with Crippen molar-refractivity contribution in [1.29, 1.82) is 0 Å². The number of thiol groups is 1. The molecule has 0 N–H and O–H groups in total. The summed E-state index contributed by atoms with van der Waals surface area (Å²) in [6.07, 6.45) is 0. The maximum Gasteiger partial charge on any atom is 1.00 e. The topological polar surface area (TPSA) is 0 Å². The van der Waals surface area contributed by atoms with Gasteiger partial charge >= 0.3 is 29.6 Å². The van der Waals surface area contributed by atoms with Crippen LogP contribution in [0.3, 0.4) is 0 Å². The minimum atomic E-state index is 0. The van der Waals surface area contributed by atoms with Crippen molar-refractivity contribution in [3.8, 4) is 0 Å². The molecule has 0 heterocycles. The first kappa shape index (κ1) is 12.4. The number of rotatable bonds is 2. The van der Waals surface area contributed by atoms with Gasteiger partial charge in [-0.1, -0.05) is 13.8 Å². The molecule has 0 aliphatic heterocycles. The molecular weight excluding hydrogens is 147 g/mol. The van der Waals surface area contributed by atoms with E-state index in [0.717, 1.165) is 0 Å². The van der Waals surface area contributed by atoms with Crippen LogP contribution in [0.2, 0.25) is 0 Å². The second kappa shape index (κ2) is 6.81. The average Bonchev–Trinajstić information content (AvgIpc) is 1.27. The molecule has 1 unspecified atom stereocenters. The summed E-state index contributed by atoms with van der Waals surface area (Å²) in [5.74, 6) is 0. The van der Waals surface area contributed by atoms with Crippen LogP contribution in [-0.4, -0.2) is 9.83 Å². The first-order valence-electron chi connectivity index (χ1n) is 2.46. The van der Waals surface area contributed by atoms with Crippen molar-refractivity contribution in [2.75, 3.05) is 0 Å². The van der Waals surface area contributed by atoms with Crippen molar-refractivity contribution in [2.45, 2.75) is 30.6 Å². The van der Waals surface area contributed by atoms with E-state index in [0.29, 0.717) is 9.83 Å². The van der Waals surface area contributed by atoms with E-state index < -0.39 is 0 Å². The molecule has 46 valence electrons. The van der Waals surface area contributed by atoms with Gasteiger partial charge in [-0.15, -0.1) is 11.8 Å². The summed E-state index contributed by atoms with van der Waals surface area (Å²) in [7, 11) is 0. The molecule has 0 bridgehead atoms. The molecule has 0 aliphatic carbocycles. The zero-order valence-corrected chi connectivity index (χ0v) is 9.72. The van der Waals surface area contributed by atoms with E-state index in [-0.39, 0.29) is 31.0 Å². The van der Waals surface area contributed by atoms with Gasteiger partial charge in [0.15, 0.2) is 0 Å². The molecule has 0 fully saturated rings. The molecule has 0 aliphatic rings. The van der Waals surface area contributed by atoms with E-state index in [1.54, 1.807) is 0 Å². The molecule has 0 rings (SSSR count). The third-order valence-electron chi connectivity index (χ3n) is 0.469. The fourth-order valence-electron chi connectivity index (χ4n) is 0.394. The van der Waals surface area contributed by atoms with Gasteiger partial charge in [0.25, 0.3) is 0 Å². The molecule has 3 heteroatoms. The summed E-state index contributed by atoms with van der Waals surface area (Å²) in [5.41, 5.74) is 0. The first-order chi connectivity index (χ1) is 3.13. The van der Waals surface area contributed by atoms with Crippen LogP contribution in [0.5, 0.6) is 0 Å². The Bertz CT molecular complexity index is 44.2. The van der Waals surface area contributed by atoms with Crippen molar-refractivity contribution in [3.63, 3.8) is 0 Å². The van der Waals surface area contributed by atoms with Crippen molar-refractivity contribution < 1.29 is 31.0 Å². The van der Waals surface area contributed by atoms with E-state index in [4.69, 9.17) is 0 Å². The zero-order chi connectivity index (χ0) is 5.86. The van der Waals surface area contributed by atoms with Crippen molar-refractivity contribution in [1.82, 2.24) is 0 Å². The van der Waals surface area contributed by atoms with Crippen LogP contribution in [0.25, 0.3) is 0 Å². The van der Waals surface area contributed by atoms with Crippen molar-refractivity contribution >= 4 is 24.4 Å². The average molecular weight is 160 g/mol. The van der Waals surface area contributed by atoms with E-state index in [1.807, 2.05) is 11.8 Å². The molecule has 0 saturated carbocycles. The van der Waals surface area contributed by atoms with Gasteiger partial charge in [0.05, 0.1) is 0 Å².